The number of nitriles is 1. The Bertz CT molecular complexity index is 739. The van der Waals surface area contributed by atoms with Gasteiger partial charge in [0, 0.05) is 5.69 Å². The lowest BCUT2D eigenvalue weighted by Crippen LogP contribution is -2.21. The number of nitrogens with one attached hydrogen (secondary N) is 1. The van der Waals surface area contributed by atoms with Gasteiger partial charge in [0.1, 0.15) is 6.54 Å². The van der Waals surface area contributed by atoms with Gasteiger partial charge in [0.25, 0.3) is 0 Å². The van der Waals surface area contributed by atoms with E-state index in [4.69, 9.17) is 11.0 Å². The fourth-order valence-electron chi connectivity index (χ4n) is 2.02. The summed E-state index contributed by atoms with van der Waals surface area (Å²) in [5.74, 6) is -0.209. The summed E-state index contributed by atoms with van der Waals surface area (Å²) in [6, 6.07) is 7.22. The van der Waals surface area contributed by atoms with Gasteiger partial charge < -0.3 is 11.1 Å². The van der Waals surface area contributed by atoms with E-state index in [1.165, 1.54) is 0 Å². The third kappa shape index (κ3) is 3.03. The number of benzene rings is 1. The average Bonchev–Trinajstić information content (AvgIpc) is 2.68. The van der Waals surface area contributed by atoms with Crippen LogP contribution in [0.4, 0.5) is 11.4 Å². The fourth-order valence-corrected chi connectivity index (χ4v) is 2.02. The predicted octanol–water partition coefficient (Wildman–Crippen LogP) is 1.90. The van der Waals surface area contributed by atoms with Gasteiger partial charge in [0.2, 0.25) is 5.91 Å². The van der Waals surface area contributed by atoms with Crippen molar-refractivity contribution >= 4 is 17.3 Å². The average molecular weight is 283 g/mol. The molecule has 6 heteroatoms. The molecule has 0 bridgehead atoms. The first kappa shape index (κ1) is 14.6. The quantitative estimate of drug-likeness (QED) is 0.899. The Kier molecular flexibility index (Phi) is 3.94. The molecule has 0 spiro atoms. The topological polar surface area (TPSA) is 96.7 Å². The van der Waals surface area contributed by atoms with Crippen LogP contribution in [0, 0.1) is 32.1 Å². The van der Waals surface area contributed by atoms with Crippen LogP contribution in [0.15, 0.2) is 18.2 Å². The second-order valence-electron chi connectivity index (χ2n) is 4.93. The van der Waals surface area contributed by atoms with Crippen molar-refractivity contribution in [3.8, 4) is 6.07 Å². The predicted molar refractivity (Wildman–Crippen MR) is 80.6 cm³/mol. The van der Waals surface area contributed by atoms with Crippen LogP contribution in [-0.4, -0.2) is 15.7 Å². The number of hydrogen-bond acceptors (Lipinski definition) is 4. The summed E-state index contributed by atoms with van der Waals surface area (Å²) in [5.41, 5.74) is 9.96. The third-order valence-electron chi connectivity index (χ3n) is 3.37. The Morgan fingerprint density at radius 1 is 1.43 bits per heavy atom. The Balaban J connectivity index is 2.15. The van der Waals surface area contributed by atoms with E-state index in [1.807, 2.05) is 13.8 Å². The Morgan fingerprint density at radius 2 is 2.14 bits per heavy atom. The molecule has 1 heterocycles. The number of nitrogens with two attached hydrogens (primary N) is 1. The lowest BCUT2D eigenvalue weighted by molar-refractivity contribution is -0.116. The van der Waals surface area contributed by atoms with Crippen molar-refractivity contribution in [1.82, 2.24) is 9.78 Å². The number of nitrogen functional groups attached to an aromatic ring is 1. The highest BCUT2D eigenvalue weighted by Gasteiger charge is 2.12. The second kappa shape index (κ2) is 5.67. The van der Waals surface area contributed by atoms with E-state index in [2.05, 4.69) is 16.5 Å². The molecule has 0 atom stereocenters. The van der Waals surface area contributed by atoms with Gasteiger partial charge in [-0.3, -0.25) is 9.48 Å². The van der Waals surface area contributed by atoms with E-state index in [1.54, 1.807) is 29.8 Å². The van der Waals surface area contributed by atoms with Crippen LogP contribution in [-0.2, 0) is 11.3 Å². The largest absolute Gasteiger partial charge is 0.396 e. The molecule has 0 aliphatic heterocycles. The molecule has 1 amide bonds. The lowest BCUT2D eigenvalue weighted by atomic mass is 10.1. The van der Waals surface area contributed by atoms with E-state index >= 15 is 0 Å². The summed E-state index contributed by atoms with van der Waals surface area (Å²) >= 11 is 0. The molecule has 6 nitrogen and oxygen atoms in total. The zero-order valence-electron chi connectivity index (χ0n) is 12.3. The van der Waals surface area contributed by atoms with E-state index in [0.717, 1.165) is 11.3 Å². The normalized spacial score (nSPS) is 10.2. The van der Waals surface area contributed by atoms with Crippen molar-refractivity contribution < 1.29 is 4.79 Å². The number of nitrogens with zero attached hydrogens (tertiary/aromatic N) is 3. The fraction of sp³-hybridized carbons (Fsp3) is 0.267. The van der Waals surface area contributed by atoms with Crippen molar-refractivity contribution in [3.05, 3.63) is 40.7 Å². The number of hydrogen-bond donors (Lipinski definition) is 2. The van der Waals surface area contributed by atoms with E-state index in [0.29, 0.717) is 22.6 Å². The van der Waals surface area contributed by atoms with Gasteiger partial charge >= 0.3 is 0 Å². The minimum atomic E-state index is -0.209. The van der Waals surface area contributed by atoms with Crippen molar-refractivity contribution in [1.29, 1.82) is 5.26 Å². The number of aryl methyl sites for hydroxylation is 2. The molecular formula is C15H17N5O. The first-order valence-corrected chi connectivity index (χ1v) is 6.52. The minimum absolute atomic E-state index is 0.0834. The zero-order chi connectivity index (χ0) is 15.6. The molecule has 0 saturated carbocycles. The monoisotopic (exact) mass is 283 g/mol. The Hall–Kier alpha value is -2.81. The third-order valence-corrected chi connectivity index (χ3v) is 3.37. The van der Waals surface area contributed by atoms with Crippen LogP contribution >= 0.6 is 0 Å². The van der Waals surface area contributed by atoms with E-state index in [9.17, 15) is 4.79 Å². The summed E-state index contributed by atoms with van der Waals surface area (Å²) < 4.78 is 1.57. The van der Waals surface area contributed by atoms with Crippen molar-refractivity contribution in [2.45, 2.75) is 27.3 Å². The molecule has 1 aromatic heterocycles. The van der Waals surface area contributed by atoms with Crippen LogP contribution in [0.2, 0.25) is 0 Å². The van der Waals surface area contributed by atoms with Gasteiger partial charge in [-0.2, -0.15) is 10.4 Å². The van der Waals surface area contributed by atoms with Gasteiger partial charge in [-0.1, -0.05) is 6.07 Å². The molecule has 2 aromatic rings. The molecule has 0 radical (unpaired) electrons. The lowest BCUT2D eigenvalue weighted by Gasteiger charge is -2.09. The van der Waals surface area contributed by atoms with Gasteiger partial charge in [0.05, 0.1) is 28.7 Å². The summed E-state index contributed by atoms with van der Waals surface area (Å²) in [4.78, 5) is 12.1. The van der Waals surface area contributed by atoms with E-state index in [-0.39, 0.29) is 12.5 Å². The molecule has 0 aliphatic carbocycles. The summed E-state index contributed by atoms with van der Waals surface area (Å²) in [6.45, 7) is 5.58. The molecule has 2 rings (SSSR count). The molecule has 0 unspecified atom stereocenters. The Morgan fingerprint density at radius 3 is 2.71 bits per heavy atom. The van der Waals surface area contributed by atoms with Crippen molar-refractivity contribution in [3.63, 3.8) is 0 Å². The van der Waals surface area contributed by atoms with Gasteiger partial charge in [-0.05, 0) is 38.5 Å². The molecule has 0 fully saturated rings. The zero-order valence-corrected chi connectivity index (χ0v) is 12.3. The molecule has 3 N–H and O–H groups in total. The smallest absolute Gasteiger partial charge is 0.246 e. The molecule has 21 heavy (non-hydrogen) atoms. The first-order valence-electron chi connectivity index (χ1n) is 6.52. The molecule has 0 saturated heterocycles. The second-order valence-corrected chi connectivity index (χ2v) is 4.93. The minimum Gasteiger partial charge on any atom is -0.396 e. The van der Waals surface area contributed by atoms with Gasteiger partial charge in [0.15, 0.2) is 0 Å². The SMILES string of the molecule is Cc1ccc(C#N)cc1NC(=O)Cn1nc(C)c(N)c1C. The Labute approximate surface area is 123 Å². The highest BCUT2D eigenvalue weighted by atomic mass is 16.2. The number of amides is 1. The maximum Gasteiger partial charge on any atom is 0.246 e. The maximum atomic E-state index is 12.1. The van der Waals surface area contributed by atoms with E-state index < -0.39 is 0 Å². The van der Waals surface area contributed by atoms with Crippen LogP contribution in [0.25, 0.3) is 0 Å². The summed E-state index contributed by atoms with van der Waals surface area (Å²) in [7, 11) is 0. The van der Waals surface area contributed by atoms with Crippen LogP contribution in [0.1, 0.15) is 22.5 Å². The number of carbonyl (C=O) groups excluding carboxylic acids is 1. The number of rotatable bonds is 3. The standard InChI is InChI=1S/C15H17N5O/c1-9-4-5-12(7-16)6-13(9)18-14(21)8-20-11(3)15(17)10(2)19-20/h4-6H,8,17H2,1-3H3,(H,18,21). The summed E-state index contributed by atoms with van der Waals surface area (Å²) in [6.07, 6.45) is 0. The summed E-state index contributed by atoms with van der Waals surface area (Å²) in [5, 5.41) is 15.9. The highest BCUT2D eigenvalue weighted by Crippen LogP contribution is 2.18. The van der Waals surface area contributed by atoms with Crippen molar-refractivity contribution in [2.75, 3.05) is 11.1 Å². The number of aromatic nitrogens is 2. The first-order chi connectivity index (χ1) is 9.92. The molecule has 108 valence electrons. The number of carbonyl (C=O) groups is 1. The van der Waals surface area contributed by atoms with Gasteiger partial charge in [-0.15, -0.1) is 0 Å². The van der Waals surface area contributed by atoms with Crippen LogP contribution < -0.4 is 11.1 Å². The van der Waals surface area contributed by atoms with Crippen LogP contribution in [0.3, 0.4) is 0 Å². The van der Waals surface area contributed by atoms with Gasteiger partial charge in [-0.25, -0.2) is 0 Å². The highest BCUT2D eigenvalue weighted by molar-refractivity contribution is 5.91. The molecule has 0 aliphatic rings. The molecular weight excluding hydrogens is 266 g/mol. The molecule has 1 aromatic carbocycles. The van der Waals surface area contributed by atoms with Crippen LogP contribution in [0.5, 0.6) is 0 Å². The maximum absolute atomic E-state index is 12.1. The van der Waals surface area contributed by atoms with Crippen molar-refractivity contribution in [2.24, 2.45) is 0 Å². The number of anilines is 2.